The molecular formula is C28H42N2O2. The van der Waals surface area contributed by atoms with Gasteiger partial charge in [0.05, 0.1) is 11.3 Å². The first-order valence-corrected chi connectivity index (χ1v) is 11.3. The van der Waals surface area contributed by atoms with Crippen molar-refractivity contribution in [1.29, 1.82) is 5.41 Å². The normalized spacial score (nSPS) is 11.4. The summed E-state index contributed by atoms with van der Waals surface area (Å²) in [7, 11) is 0. The van der Waals surface area contributed by atoms with Gasteiger partial charge in [-0.15, -0.1) is 0 Å². The van der Waals surface area contributed by atoms with Crippen molar-refractivity contribution in [2.24, 2.45) is 5.73 Å². The zero-order valence-corrected chi connectivity index (χ0v) is 21.0. The van der Waals surface area contributed by atoms with Gasteiger partial charge in [-0.2, -0.15) is 0 Å². The van der Waals surface area contributed by atoms with Crippen molar-refractivity contribution in [2.45, 2.75) is 74.1 Å². The average molecular weight is 439 g/mol. The lowest BCUT2D eigenvalue weighted by Crippen LogP contribution is -2.18. The smallest absolute Gasteiger partial charge is 0.166 e. The standard InChI is InChI=1S/C15H22N2O.C11H14O.C2H6/c1-5-8-12(9-6-2)15(17)14(11(4)16)13(18)10-7-3;1-9-3-6-11(7-4-9)8-5-10(2)12;1-2/h5-6,8-9,17H,1,7,10,16H2,2-4H3;3-4,6-7H,5,8H2,1-2H3;1-2H3/b9-6-,12-8+,14-11-,17-15?;;. The molecule has 0 saturated heterocycles. The highest BCUT2D eigenvalue weighted by atomic mass is 16.1. The molecule has 32 heavy (non-hydrogen) atoms. The Morgan fingerprint density at radius 2 is 1.66 bits per heavy atom. The van der Waals surface area contributed by atoms with Gasteiger partial charge in [0.2, 0.25) is 0 Å². The van der Waals surface area contributed by atoms with Crippen LogP contribution in [-0.4, -0.2) is 17.3 Å². The maximum Gasteiger partial charge on any atom is 0.166 e. The number of hydrogen-bond donors (Lipinski definition) is 2. The first-order chi connectivity index (χ1) is 15.2. The Balaban J connectivity index is 0. The summed E-state index contributed by atoms with van der Waals surface area (Å²) in [6.45, 7) is 16.7. The zero-order chi connectivity index (χ0) is 25.1. The predicted octanol–water partition coefficient (Wildman–Crippen LogP) is 6.84. The molecule has 0 aliphatic heterocycles. The van der Waals surface area contributed by atoms with E-state index in [1.54, 1.807) is 32.1 Å². The zero-order valence-electron chi connectivity index (χ0n) is 21.0. The summed E-state index contributed by atoms with van der Waals surface area (Å²) < 4.78 is 0. The summed E-state index contributed by atoms with van der Waals surface area (Å²) in [5, 5.41) is 8.12. The molecule has 4 nitrogen and oxygen atoms in total. The third-order valence-corrected chi connectivity index (χ3v) is 4.22. The van der Waals surface area contributed by atoms with Crippen LogP contribution in [0.2, 0.25) is 0 Å². The third-order valence-electron chi connectivity index (χ3n) is 4.22. The number of allylic oxidation sites excluding steroid dienone is 7. The van der Waals surface area contributed by atoms with E-state index in [1.165, 1.54) is 11.1 Å². The number of carbonyl (C=O) groups is 2. The minimum atomic E-state index is -0.0815. The van der Waals surface area contributed by atoms with Gasteiger partial charge in [0.15, 0.2) is 5.78 Å². The first-order valence-electron chi connectivity index (χ1n) is 11.3. The lowest BCUT2D eigenvalue weighted by molar-refractivity contribution is -0.117. The highest BCUT2D eigenvalue weighted by Crippen LogP contribution is 2.14. The summed E-state index contributed by atoms with van der Waals surface area (Å²) in [4.78, 5) is 22.7. The van der Waals surface area contributed by atoms with E-state index in [-0.39, 0.29) is 17.3 Å². The molecule has 0 aliphatic carbocycles. The molecule has 0 saturated carbocycles. The summed E-state index contributed by atoms with van der Waals surface area (Å²) in [5.74, 6) is 0.178. The Morgan fingerprint density at radius 3 is 2.06 bits per heavy atom. The van der Waals surface area contributed by atoms with Crippen molar-refractivity contribution in [1.82, 2.24) is 0 Å². The van der Waals surface area contributed by atoms with Crippen molar-refractivity contribution >= 4 is 17.3 Å². The van der Waals surface area contributed by atoms with E-state index in [9.17, 15) is 9.59 Å². The number of hydrogen-bond acceptors (Lipinski definition) is 4. The van der Waals surface area contributed by atoms with Crippen LogP contribution in [0, 0.1) is 12.3 Å². The van der Waals surface area contributed by atoms with E-state index < -0.39 is 0 Å². The Morgan fingerprint density at radius 1 is 1.09 bits per heavy atom. The quantitative estimate of drug-likeness (QED) is 0.238. The number of Topliss-reactive ketones (excluding diaryl/α,β-unsaturated/α-hetero) is 2. The number of benzene rings is 1. The van der Waals surface area contributed by atoms with Crippen molar-refractivity contribution < 1.29 is 9.59 Å². The number of ketones is 2. The molecule has 0 amide bonds. The largest absolute Gasteiger partial charge is 0.402 e. The number of carbonyl (C=O) groups excluding carboxylic acids is 2. The molecule has 1 rings (SSSR count). The van der Waals surface area contributed by atoms with Gasteiger partial charge >= 0.3 is 0 Å². The van der Waals surface area contributed by atoms with Crippen LogP contribution in [0.4, 0.5) is 0 Å². The molecule has 1 aromatic rings. The fourth-order valence-corrected chi connectivity index (χ4v) is 2.66. The van der Waals surface area contributed by atoms with Crippen molar-refractivity contribution in [3.05, 3.63) is 83.1 Å². The molecule has 0 fully saturated rings. The molecule has 0 aromatic heterocycles. The van der Waals surface area contributed by atoms with Crippen LogP contribution in [-0.2, 0) is 16.0 Å². The first kappa shape index (κ1) is 31.2. The van der Waals surface area contributed by atoms with Crippen LogP contribution >= 0.6 is 0 Å². The highest BCUT2D eigenvalue weighted by molar-refractivity contribution is 6.28. The molecule has 0 atom stereocenters. The van der Waals surface area contributed by atoms with Crippen LogP contribution in [0.25, 0.3) is 0 Å². The monoisotopic (exact) mass is 438 g/mol. The van der Waals surface area contributed by atoms with Crippen LogP contribution in [0.1, 0.15) is 71.9 Å². The van der Waals surface area contributed by atoms with E-state index in [0.717, 1.165) is 12.8 Å². The van der Waals surface area contributed by atoms with E-state index in [2.05, 4.69) is 37.8 Å². The molecule has 1 aromatic carbocycles. The van der Waals surface area contributed by atoms with Gasteiger partial charge in [-0.3, -0.25) is 10.2 Å². The molecule has 3 N–H and O–H groups in total. The highest BCUT2D eigenvalue weighted by Gasteiger charge is 2.18. The minimum absolute atomic E-state index is 0.0815. The second-order valence-electron chi connectivity index (χ2n) is 7.15. The van der Waals surface area contributed by atoms with Gasteiger partial charge in [-0.1, -0.05) is 81.5 Å². The topological polar surface area (TPSA) is 84.0 Å². The van der Waals surface area contributed by atoms with Crippen molar-refractivity contribution in [3.63, 3.8) is 0 Å². The fourth-order valence-electron chi connectivity index (χ4n) is 2.66. The maximum atomic E-state index is 12.0. The average Bonchev–Trinajstić information content (AvgIpc) is 2.75. The number of rotatable bonds is 10. The molecular weight excluding hydrogens is 396 g/mol. The van der Waals surface area contributed by atoms with Crippen LogP contribution in [0.5, 0.6) is 0 Å². The van der Waals surface area contributed by atoms with Gasteiger partial charge in [0.25, 0.3) is 0 Å². The Kier molecular flexibility index (Phi) is 18.3. The van der Waals surface area contributed by atoms with Gasteiger partial charge in [-0.05, 0) is 51.7 Å². The summed E-state index contributed by atoms with van der Waals surface area (Å²) in [5.41, 5.74) is 9.74. The number of aryl methyl sites for hydroxylation is 2. The minimum Gasteiger partial charge on any atom is -0.402 e. The van der Waals surface area contributed by atoms with Crippen LogP contribution < -0.4 is 5.73 Å². The Labute approximate surface area is 195 Å². The van der Waals surface area contributed by atoms with Gasteiger partial charge in [0.1, 0.15) is 5.78 Å². The predicted molar refractivity (Wildman–Crippen MR) is 139 cm³/mol. The molecule has 0 heterocycles. The molecule has 0 unspecified atom stereocenters. The fraction of sp³-hybridized carbons (Fsp3) is 0.393. The van der Waals surface area contributed by atoms with E-state index in [4.69, 9.17) is 11.1 Å². The molecule has 176 valence electrons. The number of nitrogens with two attached hydrogens (primary N) is 1. The summed E-state index contributed by atoms with van der Waals surface area (Å²) in [6.07, 6.45) is 9.56. The molecule has 0 aliphatic rings. The second kappa shape index (κ2) is 18.7. The van der Waals surface area contributed by atoms with Crippen LogP contribution in [0.15, 0.2) is 72.0 Å². The van der Waals surface area contributed by atoms with Gasteiger partial charge < -0.3 is 10.5 Å². The van der Waals surface area contributed by atoms with E-state index in [0.29, 0.717) is 29.7 Å². The van der Waals surface area contributed by atoms with E-state index >= 15 is 0 Å². The molecule has 0 spiro atoms. The van der Waals surface area contributed by atoms with E-state index in [1.807, 2.05) is 33.8 Å². The SMILES string of the molecule is C=C/C=C(\C=C/C)C(=N)/C(C(=O)CCC)=C(/C)N.CC.CC(=O)CCc1ccc(C)cc1. The lowest BCUT2D eigenvalue weighted by Gasteiger charge is -2.11. The molecule has 0 radical (unpaired) electrons. The summed E-state index contributed by atoms with van der Waals surface area (Å²) in [6, 6.07) is 8.32. The number of nitrogens with one attached hydrogen (secondary N) is 1. The lowest BCUT2D eigenvalue weighted by atomic mass is 9.94. The van der Waals surface area contributed by atoms with Crippen LogP contribution in [0.3, 0.4) is 0 Å². The van der Waals surface area contributed by atoms with Crippen molar-refractivity contribution in [3.8, 4) is 0 Å². The molecule has 4 heteroatoms. The summed E-state index contributed by atoms with van der Waals surface area (Å²) >= 11 is 0. The Bertz CT molecular complexity index is 821. The van der Waals surface area contributed by atoms with Gasteiger partial charge in [0, 0.05) is 18.5 Å². The third kappa shape index (κ3) is 13.3. The maximum absolute atomic E-state index is 12.0. The second-order valence-corrected chi connectivity index (χ2v) is 7.15. The Hall–Kier alpha value is -3.01. The van der Waals surface area contributed by atoms with Crippen molar-refractivity contribution in [2.75, 3.05) is 0 Å². The van der Waals surface area contributed by atoms with Gasteiger partial charge in [-0.25, -0.2) is 0 Å². The molecule has 0 bridgehead atoms.